The van der Waals surface area contributed by atoms with E-state index in [1.54, 1.807) is 0 Å². The summed E-state index contributed by atoms with van der Waals surface area (Å²) in [5.41, 5.74) is 2.62. The minimum Gasteiger partial charge on any atom is -0.298 e. The number of carbonyl (C=O) groups excluding carboxylic acids is 1. The molecule has 0 bridgehead atoms. The zero-order chi connectivity index (χ0) is 9.57. The monoisotopic (exact) mass is 188 g/mol. The molecule has 12 heavy (non-hydrogen) atoms. The van der Waals surface area contributed by atoms with Gasteiger partial charge in [-0.1, -0.05) is 0 Å². The number of ketones is 1. The highest BCUT2D eigenvalue weighted by Gasteiger charge is 2.41. The van der Waals surface area contributed by atoms with Crippen molar-refractivity contribution in [3.63, 3.8) is 0 Å². The second-order valence-corrected chi connectivity index (χ2v) is 5.04. The molecular weight excluding hydrogens is 171 g/mol. The summed E-state index contributed by atoms with van der Waals surface area (Å²) < 4.78 is 1.94. The summed E-state index contributed by atoms with van der Waals surface area (Å²) in [6.07, 6.45) is 0.594. The van der Waals surface area contributed by atoms with Crippen molar-refractivity contribution >= 4 is 15.2 Å². The van der Waals surface area contributed by atoms with Gasteiger partial charge in [0.25, 0.3) is 0 Å². The standard InChI is InChI=1S/C8H17N2OP/c1-7(2)5-6(11)8(3,4)9-10(7)12/h9H,5,12H2,1-4H3. The molecule has 1 N–H and O–H groups in total. The van der Waals surface area contributed by atoms with E-state index >= 15 is 0 Å². The molecule has 0 spiro atoms. The quantitative estimate of drug-likeness (QED) is 0.578. The molecule has 1 rings (SSSR count). The van der Waals surface area contributed by atoms with Gasteiger partial charge in [0.1, 0.15) is 0 Å². The number of nitrogens with one attached hydrogen (secondary N) is 1. The van der Waals surface area contributed by atoms with Crippen LogP contribution in [-0.2, 0) is 4.79 Å². The summed E-state index contributed by atoms with van der Waals surface area (Å²) in [6.45, 7) is 7.89. The zero-order valence-electron chi connectivity index (χ0n) is 8.14. The fraction of sp³-hybridized carbons (Fsp3) is 0.875. The number of Topliss-reactive ketones (excluding diaryl/α,β-unsaturated/α-hetero) is 1. The van der Waals surface area contributed by atoms with E-state index < -0.39 is 5.54 Å². The first kappa shape index (κ1) is 10.1. The molecule has 0 aromatic rings. The Bertz CT molecular complexity index is 213. The summed E-state index contributed by atoms with van der Waals surface area (Å²) >= 11 is 0. The third kappa shape index (κ3) is 1.68. The highest BCUT2D eigenvalue weighted by atomic mass is 31.0. The molecular formula is C8H17N2OP. The van der Waals surface area contributed by atoms with Gasteiger partial charge in [0.15, 0.2) is 5.78 Å². The van der Waals surface area contributed by atoms with E-state index in [2.05, 4.69) is 14.8 Å². The average molecular weight is 188 g/mol. The van der Waals surface area contributed by atoms with Crippen LogP contribution in [0.4, 0.5) is 0 Å². The minimum absolute atomic E-state index is 0.0999. The van der Waals surface area contributed by atoms with Crippen molar-refractivity contribution in [2.45, 2.75) is 45.2 Å². The second-order valence-electron chi connectivity index (χ2n) is 4.52. The molecule has 1 unspecified atom stereocenters. The highest BCUT2D eigenvalue weighted by Crippen LogP contribution is 2.29. The van der Waals surface area contributed by atoms with Crippen LogP contribution in [0.25, 0.3) is 0 Å². The Morgan fingerprint density at radius 2 is 1.92 bits per heavy atom. The van der Waals surface area contributed by atoms with Crippen LogP contribution in [0.1, 0.15) is 34.1 Å². The number of hydrogen-bond acceptors (Lipinski definition) is 3. The lowest BCUT2D eigenvalue weighted by molar-refractivity contribution is -0.133. The van der Waals surface area contributed by atoms with Crippen LogP contribution in [-0.4, -0.2) is 21.6 Å². The van der Waals surface area contributed by atoms with Crippen LogP contribution in [0.2, 0.25) is 0 Å². The Morgan fingerprint density at radius 3 is 2.33 bits per heavy atom. The summed E-state index contributed by atoms with van der Waals surface area (Å²) in [5.74, 6) is 0.270. The van der Waals surface area contributed by atoms with Crippen LogP contribution in [0.3, 0.4) is 0 Å². The zero-order valence-corrected chi connectivity index (χ0v) is 9.29. The van der Waals surface area contributed by atoms with Gasteiger partial charge >= 0.3 is 0 Å². The molecule has 1 atom stereocenters. The van der Waals surface area contributed by atoms with Crippen molar-refractivity contribution in [1.82, 2.24) is 10.2 Å². The number of carbonyl (C=O) groups is 1. The molecule has 0 aromatic heterocycles. The summed E-state index contributed by atoms with van der Waals surface area (Å²) in [5, 5.41) is 0. The van der Waals surface area contributed by atoms with Crippen LogP contribution < -0.4 is 5.43 Å². The Kier molecular flexibility index (Phi) is 2.32. The average Bonchev–Trinajstić information content (AvgIpc) is 1.82. The van der Waals surface area contributed by atoms with Gasteiger partial charge < -0.3 is 0 Å². The van der Waals surface area contributed by atoms with E-state index in [0.717, 1.165) is 0 Å². The molecule has 0 aliphatic carbocycles. The van der Waals surface area contributed by atoms with Crippen LogP contribution in [0.5, 0.6) is 0 Å². The van der Waals surface area contributed by atoms with Gasteiger partial charge in [-0.2, -0.15) is 0 Å². The van der Waals surface area contributed by atoms with E-state index in [4.69, 9.17) is 0 Å². The number of hydrazine groups is 1. The van der Waals surface area contributed by atoms with Crippen molar-refractivity contribution in [2.24, 2.45) is 0 Å². The van der Waals surface area contributed by atoms with E-state index in [1.807, 2.05) is 32.5 Å². The van der Waals surface area contributed by atoms with Gasteiger partial charge in [-0.25, -0.2) is 10.2 Å². The minimum atomic E-state index is -0.419. The van der Waals surface area contributed by atoms with E-state index in [-0.39, 0.29) is 11.3 Å². The fourth-order valence-electron chi connectivity index (χ4n) is 1.21. The van der Waals surface area contributed by atoms with E-state index in [9.17, 15) is 4.79 Å². The first-order valence-corrected chi connectivity index (χ1v) is 4.63. The second kappa shape index (κ2) is 2.76. The van der Waals surface area contributed by atoms with Gasteiger partial charge in [-0.15, -0.1) is 0 Å². The van der Waals surface area contributed by atoms with Crippen molar-refractivity contribution in [3.8, 4) is 0 Å². The van der Waals surface area contributed by atoms with Gasteiger partial charge in [0.2, 0.25) is 0 Å². The van der Waals surface area contributed by atoms with E-state index in [0.29, 0.717) is 6.42 Å². The third-order valence-corrected chi connectivity index (χ3v) is 3.17. The molecule has 0 aromatic carbocycles. The van der Waals surface area contributed by atoms with Crippen molar-refractivity contribution in [2.75, 3.05) is 0 Å². The molecule has 1 heterocycles. The summed E-state index contributed by atoms with van der Waals surface area (Å²) in [7, 11) is 2.60. The summed E-state index contributed by atoms with van der Waals surface area (Å²) in [4.78, 5) is 11.6. The van der Waals surface area contributed by atoms with Crippen molar-refractivity contribution in [1.29, 1.82) is 0 Å². The lowest BCUT2D eigenvalue weighted by Gasteiger charge is -2.46. The lowest BCUT2D eigenvalue weighted by Crippen LogP contribution is -2.64. The SMILES string of the molecule is CC1(C)NN(P)C(C)(C)CC1=O. The third-order valence-electron chi connectivity index (χ3n) is 2.34. The Balaban J connectivity index is 2.83. The molecule has 3 nitrogen and oxygen atoms in total. The molecule has 1 aliphatic heterocycles. The maximum atomic E-state index is 11.6. The van der Waals surface area contributed by atoms with Crippen LogP contribution in [0.15, 0.2) is 0 Å². The maximum absolute atomic E-state index is 11.6. The van der Waals surface area contributed by atoms with E-state index in [1.165, 1.54) is 0 Å². The Morgan fingerprint density at radius 1 is 1.42 bits per heavy atom. The fourth-order valence-corrected chi connectivity index (χ4v) is 1.63. The maximum Gasteiger partial charge on any atom is 0.155 e. The molecule has 1 aliphatic rings. The van der Waals surface area contributed by atoms with Crippen molar-refractivity contribution in [3.05, 3.63) is 0 Å². The smallest absolute Gasteiger partial charge is 0.155 e. The van der Waals surface area contributed by atoms with Gasteiger partial charge in [-0.3, -0.25) is 4.79 Å². The first-order valence-electron chi connectivity index (χ1n) is 4.12. The predicted molar refractivity (Wildman–Crippen MR) is 52.5 cm³/mol. The van der Waals surface area contributed by atoms with Crippen LogP contribution >= 0.6 is 9.39 Å². The summed E-state index contributed by atoms with van der Waals surface area (Å²) in [6, 6.07) is 0. The Labute approximate surface area is 76.1 Å². The number of rotatable bonds is 0. The van der Waals surface area contributed by atoms with Gasteiger partial charge in [-0.05, 0) is 37.1 Å². The topological polar surface area (TPSA) is 32.3 Å². The number of hydrogen-bond donors (Lipinski definition) is 1. The Hall–Kier alpha value is 0.0200. The van der Waals surface area contributed by atoms with Crippen LogP contribution in [0, 0.1) is 0 Å². The molecule has 0 saturated carbocycles. The lowest BCUT2D eigenvalue weighted by atomic mass is 9.86. The largest absolute Gasteiger partial charge is 0.298 e. The molecule has 0 radical (unpaired) electrons. The molecule has 1 saturated heterocycles. The first-order chi connectivity index (χ1) is 5.26. The molecule has 1 fully saturated rings. The molecule has 70 valence electrons. The predicted octanol–water partition coefficient (Wildman–Crippen LogP) is 1.11. The molecule has 4 heteroatoms. The normalized spacial score (nSPS) is 28.9. The van der Waals surface area contributed by atoms with Gasteiger partial charge in [0.05, 0.1) is 5.54 Å². The van der Waals surface area contributed by atoms with Gasteiger partial charge in [0, 0.05) is 12.0 Å². The number of nitrogens with zero attached hydrogens (tertiary/aromatic N) is 1. The molecule has 0 amide bonds. The highest BCUT2D eigenvalue weighted by molar-refractivity contribution is 7.13. The van der Waals surface area contributed by atoms with Crippen molar-refractivity contribution < 1.29 is 4.79 Å².